The van der Waals surface area contributed by atoms with Crippen molar-refractivity contribution in [1.82, 2.24) is 4.98 Å². The zero-order valence-corrected chi connectivity index (χ0v) is 17.4. The SMILES string of the molecule is COc1cccc2cc(C(=O)Nc3cccc(C)n3)c(=Nc3cc(F)ccc3Cl)oc12. The first-order valence-corrected chi connectivity index (χ1v) is 9.68. The van der Waals surface area contributed by atoms with Crippen LogP contribution in [0.15, 0.2) is 70.1 Å². The zero-order valence-electron chi connectivity index (χ0n) is 16.6. The molecule has 156 valence electrons. The first-order valence-electron chi connectivity index (χ1n) is 9.30. The van der Waals surface area contributed by atoms with Crippen molar-refractivity contribution in [3.8, 4) is 5.75 Å². The Balaban J connectivity index is 1.92. The summed E-state index contributed by atoms with van der Waals surface area (Å²) < 4.78 is 25.0. The van der Waals surface area contributed by atoms with Crippen LogP contribution >= 0.6 is 11.6 Å². The van der Waals surface area contributed by atoms with Crippen LogP contribution in [0.5, 0.6) is 5.75 Å². The number of rotatable bonds is 4. The van der Waals surface area contributed by atoms with Gasteiger partial charge in [-0.2, -0.15) is 0 Å². The van der Waals surface area contributed by atoms with Crippen molar-refractivity contribution < 1.29 is 18.3 Å². The van der Waals surface area contributed by atoms with Gasteiger partial charge in [0.2, 0.25) is 5.55 Å². The molecular weight excluding hydrogens is 421 g/mol. The van der Waals surface area contributed by atoms with E-state index in [4.69, 9.17) is 20.8 Å². The number of hydrogen-bond donors (Lipinski definition) is 1. The summed E-state index contributed by atoms with van der Waals surface area (Å²) in [6, 6.07) is 15.9. The number of hydrogen-bond acceptors (Lipinski definition) is 5. The molecule has 0 aliphatic rings. The number of benzene rings is 2. The largest absolute Gasteiger partial charge is 0.493 e. The number of carbonyl (C=O) groups is 1. The maximum atomic E-state index is 13.7. The topological polar surface area (TPSA) is 76.7 Å². The normalized spacial score (nSPS) is 11.5. The van der Waals surface area contributed by atoms with E-state index in [1.807, 2.05) is 13.0 Å². The molecule has 0 spiro atoms. The minimum absolute atomic E-state index is 0.0466. The van der Waals surface area contributed by atoms with Gasteiger partial charge in [-0.15, -0.1) is 0 Å². The lowest BCUT2D eigenvalue weighted by molar-refractivity contribution is 0.102. The molecular formula is C23H17ClFN3O3. The van der Waals surface area contributed by atoms with E-state index >= 15 is 0 Å². The number of amides is 1. The molecule has 1 amide bonds. The van der Waals surface area contributed by atoms with Crippen molar-refractivity contribution in [2.24, 2.45) is 4.99 Å². The molecule has 0 atom stereocenters. The minimum Gasteiger partial charge on any atom is -0.493 e. The summed E-state index contributed by atoms with van der Waals surface area (Å²) in [6.07, 6.45) is 0. The summed E-state index contributed by atoms with van der Waals surface area (Å²) in [5.74, 6) is -0.161. The van der Waals surface area contributed by atoms with Gasteiger partial charge in [-0.05, 0) is 43.3 Å². The van der Waals surface area contributed by atoms with Crippen molar-refractivity contribution in [3.05, 3.63) is 88.3 Å². The van der Waals surface area contributed by atoms with Crippen molar-refractivity contribution >= 4 is 40.0 Å². The van der Waals surface area contributed by atoms with Gasteiger partial charge in [0.25, 0.3) is 5.91 Å². The second-order valence-corrected chi connectivity index (χ2v) is 7.08. The van der Waals surface area contributed by atoms with Gasteiger partial charge < -0.3 is 14.5 Å². The van der Waals surface area contributed by atoms with Gasteiger partial charge in [0.05, 0.1) is 17.8 Å². The molecule has 31 heavy (non-hydrogen) atoms. The Hall–Kier alpha value is -3.71. The third-order valence-corrected chi connectivity index (χ3v) is 4.78. The third-order valence-electron chi connectivity index (χ3n) is 4.46. The number of methoxy groups -OCH3 is 1. The molecule has 1 N–H and O–H groups in total. The lowest BCUT2D eigenvalue weighted by atomic mass is 10.1. The number of aromatic nitrogens is 1. The predicted molar refractivity (Wildman–Crippen MR) is 116 cm³/mol. The van der Waals surface area contributed by atoms with Crippen LogP contribution in [-0.2, 0) is 0 Å². The number of halogens is 2. The monoisotopic (exact) mass is 437 g/mol. The smallest absolute Gasteiger partial charge is 0.262 e. The van der Waals surface area contributed by atoms with Gasteiger partial charge in [0.15, 0.2) is 11.3 Å². The molecule has 0 saturated carbocycles. The highest BCUT2D eigenvalue weighted by Gasteiger charge is 2.16. The molecule has 0 bridgehead atoms. The van der Waals surface area contributed by atoms with Gasteiger partial charge in [-0.1, -0.05) is 29.8 Å². The number of fused-ring (bicyclic) bond motifs is 1. The van der Waals surface area contributed by atoms with Crippen LogP contribution in [-0.4, -0.2) is 18.0 Å². The third kappa shape index (κ3) is 4.41. The Morgan fingerprint density at radius 3 is 2.74 bits per heavy atom. The van der Waals surface area contributed by atoms with E-state index in [1.54, 1.807) is 36.4 Å². The second-order valence-electron chi connectivity index (χ2n) is 6.67. The molecule has 6 nitrogen and oxygen atoms in total. The summed E-state index contributed by atoms with van der Waals surface area (Å²) in [5, 5.41) is 3.58. The molecule has 0 saturated heterocycles. The Morgan fingerprint density at radius 2 is 1.97 bits per heavy atom. The number of carbonyl (C=O) groups excluding carboxylic acids is 1. The highest BCUT2D eigenvalue weighted by atomic mass is 35.5. The van der Waals surface area contributed by atoms with E-state index < -0.39 is 11.7 Å². The zero-order chi connectivity index (χ0) is 22.0. The number of nitrogens with zero attached hydrogens (tertiary/aromatic N) is 2. The fourth-order valence-corrected chi connectivity index (χ4v) is 3.17. The van der Waals surface area contributed by atoms with Gasteiger partial charge in [-0.3, -0.25) is 4.79 Å². The Labute approximate surface area is 182 Å². The van der Waals surface area contributed by atoms with Gasteiger partial charge in [0, 0.05) is 17.1 Å². The molecule has 8 heteroatoms. The molecule has 2 aromatic carbocycles. The molecule has 0 radical (unpaired) electrons. The summed E-state index contributed by atoms with van der Waals surface area (Å²) in [5.41, 5.74) is 1.35. The molecule has 0 aliphatic carbocycles. The number of aryl methyl sites for hydroxylation is 1. The Kier molecular flexibility index (Phi) is 5.68. The molecule has 2 heterocycles. The fourth-order valence-electron chi connectivity index (χ4n) is 3.01. The van der Waals surface area contributed by atoms with Crippen molar-refractivity contribution in [2.75, 3.05) is 12.4 Å². The van der Waals surface area contributed by atoms with Crippen LogP contribution in [0, 0.1) is 12.7 Å². The van der Waals surface area contributed by atoms with Gasteiger partial charge in [-0.25, -0.2) is 14.4 Å². The maximum Gasteiger partial charge on any atom is 0.262 e. The maximum absolute atomic E-state index is 13.7. The number of nitrogens with one attached hydrogen (secondary N) is 1. The summed E-state index contributed by atoms with van der Waals surface area (Å²) in [7, 11) is 1.51. The van der Waals surface area contributed by atoms with Crippen LogP contribution in [0.25, 0.3) is 11.0 Å². The molecule has 4 rings (SSSR count). The first kappa shape index (κ1) is 20.6. The quantitative estimate of drug-likeness (QED) is 0.462. The van der Waals surface area contributed by atoms with Crippen LogP contribution in [0.1, 0.15) is 16.1 Å². The van der Waals surface area contributed by atoms with Gasteiger partial charge in [0.1, 0.15) is 17.2 Å². The van der Waals surface area contributed by atoms with E-state index in [9.17, 15) is 9.18 Å². The lowest BCUT2D eigenvalue weighted by Crippen LogP contribution is -2.22. The molecule has 0 fully saturated rings. The first-order chi connectivity index (χ1) is 14.9. The predicted octanol–water partition coefficient (Wildman–Crippen LogP) is 5.42. The lowest BCUT2D eigenvalue weighted by Gasteiger charge is -2.09. The molecule has 4 aromatic rings. The number of para-hydroxylation sites is 1. The second kappa shape index (κ2) is 8.57. The number of ether oxygens (including phenoxy) is 1. The average molecular weight is 438 g/mol. The van der Waals surface area contributed by atoms with Crippen LogP contribution in [0.2, 0.25) is 5.02 Å². The summed E-state index contributed by atoms with van der Waals surface area (Å²) in [6.45, 7) is 1.82. The number of pyridine rings is 1. The van der Waals surface area contributed by atoms with E-state index in [0.717, 1.165) is 11.8 Å². The average Bonchev–Trinajstić information content (AvgIpc) is 2.75. The van der Waals surface area contributed by atoms with Crippen LogP contribution in [0.3, 0.4) is 0 Å². The molecule has 0 unspecified atom stereocenters. The molecule has 2 aromatic heterocycles. The highest BCUT2D eigenvalue weighted by Crippen LogP contribution is 2.27. The van der Waals surface area contributed by atoms with Crippen molar-refractivity contribution in [1.29, 1.82) is 0 Å². The Morgan fingerprint density at radius 1 is 1.16 bits per heavy atom. The van der Waals surface area contributed by atoms with Gasteiger partial charge >= 0.3 is 0 Å². The van der Waals surface area contributed by atoms with E-state index in [1.165, 1.54) is 19.2 Å². The van der Waals surface area contributed by atoms with E-state index in [0.29, 0.717) is 22.5 Å². The minimum atomic E-state index is -0.517. The van der Waals surface area contributed by atoms with E-state index in [-0.39, 0.29) is 21.8 Å². The highest BCUT2D eigenvalue weighted by molar-refractivity contribution is 6.32. The fraction of sp³-hybridized carbons (Fsp3) is 0.0870. The number of anilines is 1. The van der Waals surface area contributed by atoms with Crippen molar-refractivity contribution in [3.63, 3.8) is 0 Å². The van der Waals surface area contributed by atoms with Crippen molar-refractivity contribution in [2.45, 2.75) is 6.92 Å². The van der Waals surface area contributed by atoms with Crippen LogP contribution < -0.4 is 15.6 Å². The van der Waals surface area contributed by atoms with E-state index in [2.05, 4.69) is 15.3 Å². The molecule has 0 aliphatic heterocycles. The Bertz CT molecular complexity index is 1370. The summed E-state index contributed by atoms with van der Waals surface area (Å²) >= 11 is 6.16. The summed E-state index contributed by atoms with van der Waals surface area (Å²) in [4.78, 5) is 21.7. The standard InChI is InChI=1S/C23H17ClFN3O3/c1-13-5-3-8-20(26-13)28-22(29)16-11-14-6-4-7-19(30-2)21(14)31-23(16)27-18-12-15(25)9-10-17(18)24/h3-12H,1-2H3,(H,26,28,29). The van der Waals surface area contributed by atoms with Crippen LogP contribution in [0.4, 0.5) is 15.9 Å².